The summed E-state index contributed by atoms with van der Waals surface area (Å²) in [5.41, 5.74) is 1.25. The van der Waals surface area contributed by atoms with Gasteiger partial charge in [0, 0.05) is 22.2 Å². The molecule has 1 N–H and O–H groups in total. The van der Waals surface area contributed by atoms with Crippen LogP contribution in [0.2, 0.25) is 5.02 Å². The maximum atomic E-state index is 12.3. The highest BCUT2D eigenvalue weighted by Gasteiger charge is 2.16. The van der Waals surface area contributed by atoms with Crippen LogP contribution in [0.4, 0.5) is 5.69 Å². The lowest BCUT2D eigenvalue weighted by atomic mass is 10.1. The van der Waals surface area contributed by atoms with E-state index >= 15 is 0 Å². The molecule has 9 nitrogen and oxygen atoms in total. The van der Waals surface area contributed by atoms with Gasteiger partial charge in [0.2, 0.25) is 0 Å². The van der Waals surface area contributed by atoms with Crippen LogP contribution in [0.1, 0.15) is 21.7 Å². The van der Waals surface area contributed by atoms with Crippen LogP contribution in [0.5, 0.6) is 0 Å². The summed E-state index contributed by atoms with van der Waals surface area (Å²) in [6.45, 7) is 1.66. The predicted octanol–water partition coefficient (Wildman–Crippen LogP) is 2.46. The normalized spacial score (nSPS) is 10.5. The van der Waals surface area contributed by atoms with Crippen molar-refractivity contribution in [1.82, 2.24) is 25.5 Å². The molecule has 26 heavy (non-hydrogen) atoms. The van der Waals surface area contributed by atoms with Gasteiger partial charge in [0.25, 0.3) is 11.6 Å². The Kier molecular flexibility index (Phi) is 4.90. The van der Waals surface area contributed by atoms with Crippen molar-refractivity contribution in [2.24, 2.45) is 0 Å². The molecular weight excluding hydrogens is 360 g/mol. The third-order valence-corrected chi connectivity index (χ3v) is 3.93. The van der Waals surface area contributed by atoms with Crippen molar-refractivity contribution in [3.63, 3.8) is 0 Å². The highest BCUT2D eigenvalue weighted by molar-refractivity contribution is 6.30. The largest absolute Gasteiger partial charge is 0.345 e. The van der Waals surface area contributed by atoms with Crippen molar-refractivity contribution >= 4 is 23.2 Å². The monoisotopic (exact) mass is 372 g/mol. The zero-order valence-electron chi connectivity index (χ0n) is 13.6. The van der Waals surface area contributed by atoms with Gasteiger partial charge >= 0.3 is 0 Å². The molecule has 0 saturated heterocycles. The third-order valence-electron chi connectivity index (χ3n) is 3.68. The van der Waals surface area contributed by atoms with Crippen LogP contribution in [0.15, 0.2) is 42.5 Å². The minimum Gasteiger partial charge on any atom is -0.345 e. The number of nitrogens with zero attached hydrogens (tertiary/aromatic N) is 5. The van der Waals surface area contributed by atoms with E-state index in [0.717, 1.165) is 0 Å². The van der Waals surface area contributed by atoms with Crippen molar-refractivity contribution in [2.75, 3.05) is 0 Å². The SMILES string of the molecule is Cc1ccc(C(=O)NCc2nnnn2-c2ccc(Cl)cc2)cc1[N+](=O)[O-]. The fourth-order valence-corrected chi connectivity index (χ4v) is 2.43. The standard InChI is InChI=1S/C16H13ClN6O3/c1-10-2-3-11(8-14(10)23(25)26)16(24)18-9-15-19-20-21-22(15)13-6-4-12(17)5-7-13/h2-8H,9H2,1H3,(H,18,24). The Morgan fingerprint density at radius 2 is 2.00 bits per heavy atom. The maximum Gasteiger partial charge on any atom is 0.273 e. The van der Waals surface area contributed by atoms with Crippen molar-refractivity contribution in [2.45, 2.75) is 13.5 Å². The Morgan fingerprint density at radius 3 is 2.69 bits per heavy atom. The lowest BCUT2D eigenvalue weighted by Gasteiger charge is -2.07. The number of carbonyl (C=O) groups is 1. The van der Waals surface area contributed by atoms with Crippen LogP contribution >= 0.6 is 11.6 Å². The van der Waals surface area contributed by atoms with Gasteiger partial charge < -0.3 is 5.32 Å². The van der Waals surface area contributed by atoms with E-state index in [-0.39, 0.29) is 17.8 Å². The first-order valence-corrected chi connectivity index (χ1v) is 7.90. The fourth-order valence-electron chi connectivity index (χ4n) is 2.31. The van der Waals surface area contributed by atoms with Crippen molar-refractivity contribution in [1.29, 1.82) is 0 Å². The molecular formula is C16H13ClN6O3. The van der Waals surface area contributed by atoms with E-state index in [1.165, 1.54) is 22.9 Å². The van der Waals surface area contributed by atoms with Crippen molar-refractivity contribution < 1.29 is 9.72 Å². The van der Waals surface area contributed by atoms with Crippen molar-refractivity contribution in [3.05, 3.63) is 74.6 Å². The first-order valence-electron chi connectivity index (χ1n) is 7.52. The summed E-state index contributed by atoms with van der Waals surface area (Å²) in [5.74, 6) is -0.0546. The highest BCUT2D eigenvalue weighted by Crippen LogP contribution is 2.19. The summed E-state index contributed by atoms with van der Waals surface area (Å²) in [4.78, 5) is 22.8. The zero-order valence-corrected chi connectivity index (χ0v) is 14.3. The number of nitro groups is 1. The van der Waals surface area contributed by atoms with Crippen LogP contribution in [0.3, 0.4) is 0 Å². The van der Waals surface area contributed by atoms with Gasteiger partial charge in [-0.1, -0.05) is 17.7 Å². The van der Waals surface area contributed by atoms with Crippen molar-refractivity contribution in [3.8, 4) is 5.69 Å². The van der Waals surface area contributed by atoms with Gasteiger partial charge in [-0.2, -0.15) is 4.68 Å². The fraction of sp³-hybridized carbons (Fsp3) is 0.125. The number of nitro benzene ring substituents is 1. The van der Waals surface area contributed by atoms with E-state index in [9.17, 15) is 14.9 Å². The smallest absolute Gasteiger partial charge is 0.273 e. The molecule has 0 atom stereocenters. The summed E-state index contributed by atoms with van der Waals surface area (Å²) >= 11 is 5.86. The number of tetrazole rings is 1. The van der Waals surface area contributed by atoms with Gasteiger partial charge in [0.05, 0.1) is 17.2 Å². The molecule has 0 saturated carbocycles. The number of benzene rings is 2. The molecule has 0 aliphatic rings. The average Bonchev–Trinajstić information content (AvgIpc) is 3.09. The molecule has 0 aliphatic heterocycles. The molecule has 1 amide bonds. The van der Waals surface area contributed by atoms with Gasteiger partial charge in [-0.15, -0.1) is 5.10 Å². The number of carbonyl (C=O) groups excluding carboxylic acids is 1. The first-order chi connectivity index (χ1) is 12.5. The molecule has 0 fully saturated rings. The van der Waals surface area contributed by atoms with Gasteiger partial charge in [-0.3, -0.25) is 14.9 Å². The first kappa shape index (κ1) is 17.5. The van der Waals surface area contributed by atoms with E-state index < -0.39 is 10.8 Å². The van der Waals surface area contributed by atoms with Crippen LogP contribution in [-0.2, 0) is 6.54 Å². The van der Waals surface area contributed by atoms with E-state index in [2.05, 4.69) is 20.8 Å². The average molecular weight is 373 g/mol. The molecule has 0 unspecified atom stereocenters. The number of rotatable bonds is 5. The van der Waals surface area contributed by atoms with E-state index in [0.29, 0.717) is 22.1 Å². The number of aryl methyl sites for hydroxylation is 1. The number of hydrogen-bond acceptors (Lipinski definition) is 6. The summed E-state index contributed by atoms with van der Waals surface area (Å²) in [6, 6.07) is 11.2. The maximum absolute atomic E-state index is 12.3. The minimum absolute atomic E-state index is 0.0517. The summed E-state index contributed by atoms with van der Waals surface area (Å²) in [7, 11) is 0. The van der Waals surface area contributed by atoms with Crippen LogP contribution in [0, 0.1) is 17.0 Å². The zero-order chi connectivity index (χ0) is 18.7. The Hall–Kier alpha value is -3.33. The Balaban J connectivity index is 1.75. The quantitative estimate of drug-likeness (QED) is 0.543. The Morgan fingerprint density at radius 1 is 1.27 bits per heavy atom. The summed E-state index contributed by atoms with van der Waals surface area (Å²) < 4.78 is 1.47. The predicted molar refractivity (Wildman–Crippen MR) is 93.2 cm³/mol. The van der Waals surface area contributed by atoms with Gasteiger partial charge in [0.15, 0.2) is 5.82 Å². The molecule has 0 radical (unpaired) electrons. The van der Waals surface area contributed by atoms with Crippen LogP contribution < -0.4 is 5.32 Å². The topological polar surface area (TPSA) is 116 Å². The number of amides is 1. The summed E-state index contributed by atoms with van der Waals surface area (Å²) in [5, 5.41) is 25.6. The molecule has 1 heterocycles. The molecule has 2 aromatic carbocycles. The van der Waals surface area contributed by atoms with Gasteiger partial charge in [-0.25, -0.2) is 0 Å². The lowest BCUT2D eigenvalue weighted by molar-refractivity contribution is -0.385. The minimum atomic E-state index is -0.521. The van der Waals surface area contributed by atoms with Crippen LogP contribution in [-0.4, -0.2) is 31.0 Å². The van der Waals surface area contributed by atoms with E-state index in [1.807, 2.05) is 0 Å². The highest BCUT2D eigenvalue weighted by atomic mass is 35.5. The molecule has 10 heteroatoms. The van der Waals surface area contributed by atoms with E-state index in [4.69, 9.17) is 11.6 Å². The molecule has 132 valence electrons. The van der Waals surface area contributed by atoms with Crippen LogP contribution in [0.25, 0.3) is 5.69 Å². The second-order valence-corrected chi connectivity index (χ2v) is 5.86. The molecule has 3 aromatic rings. The number of nitrogens with one attached hydrogen (secondary N) is 1. The third kappa shape index (κ3) is 3.67. The number of hydrogen-bond donors (Lipinski definition) is 1. The molecule has 0 spiro atoms. The van der Waals surface area contributed by atoms with E-state index in [1.54, 1.807) is 31.2 Å². The molecule has 0 bridgehead atoms. The lowest BCUT2D eigenvalue weighted by Crippen LogP contribution is -2.24. The molecule has 0 aliphatic carbocycles. The molecule has 1 aromatic heterocycles. The second-order valence-electron chi connectivity index (χ2n) is 5.42. The number of halogens is 1. The Bertz CT molecular complexity index is 970. The number of aromatic nitrogens is 4. The second kappa shape index (κ2) is 7.28. The molecule has 3 rings (SSSR count). The van der Waals surface area contributed by atoms with Gasteiger partial charge in [0.1, 0.15) is 0 Å². The Labute approximate surface area is 152 Å². The van der Waals surface area contributed by atoms with Gasteiger partial charge in [-0.05, 0) is 47.7 Å². The summed E-state index contributed by atoms with van der Waals surface area (Å²) in [6.07, 6.45) is 0.